The molecule has 0 radical (unpaired) electrons. The number of benzene rings is 2. The average molecular weight is 466 g/mol. The molecule has 3 aromatic rings. The number of anilines is 2. The van der Waals surface area contributed by atoms with Gasteiger partial charge in [0, 0.05) is 23.1 Å². The Kier molecular flexibility index (Phi) is 7.21. The monoisotopic (exact) mass is 466 g/mol. The second-order valence-electron chi connectivity index (χ2n) is 6.89. The maximum Gasteiger partial charge on any atom is 0.439 e. The highest BCUT2D eigenvalue weighted by atomic mass is 32.3. The third-order valence-corrected chi connectivity index (χ3v) is 5.72. The molecule has 0 saturated carbocycles. The predicted octanol–water partition coefficient (Wildman–Crippen LogP) is 5.13. The Bertz CT molecular complexity index is 1200. The largest absolute Gasteiger partial charge is 0.448 e. The van der Waals surface area contributed by atoms with Gasteiger partial charge in [-0.15, -0.1) is 0 Å². The van der Waals surface area contributed by atoms with Crippen molar-refractivity contribution < 1.29 is 27.3 Å². The van der Waals surface area contributed by atoms with Crippen molar-refractivity contribution >= 4 is 27.8 Å². The van der Waals surface area contributed by atoms with Crippen molar-refractivity contribution in [2.75, 3.05) is 18.2 Å². The fourth-order valence-corrected chi connectivity index (χ4v) is 4.25. The van der Waals surface area contributed by atoms with E-state index >= 15 is 0 Å². The number of aromatic nitrogens is 2. The van der Waals surface area contributed by atoms with Gasteiger partial charge >= 0.3 is 6.09 Å². The van der Waals surface area contributed by atoms with E-state index < -0.39 is 33.7 Å². The molecule has 1 amide bonds. The SMILES string of the molecule is CCOC(=O)N=[SH](C)(O)Cc1cccc(Nc2ncc(F)c(-c3ccc(F)cc3F)n2)c1. The van der Waals surface area contributed by atoms with Gasteiger partial charge in [-0.3, -0.25) is 0 Å². The van der Waals surface area contributed by atoms with Crippen molar-refractivity contribution in [1.82, 2.24) is 9.97 Å². The number of carbonyl (C=O) groups is 1. The topological polar surface area (TPSA) is 96.7 Å². The lowest BCUT2D eigenvalue weighted by atomic mass is 10.1. The van der Waals surface area contributed by atoms with Crippen LogP contribution in [0.15, 0.2) is 53.0 Å². The summed E-state index contributed by atoms with van der Waals surface area (Å²) in [6, 6.07) is 9.55. The van der Waals surface area contributed by atoms with Crippen LogP contribution in [0.5, 0.6) is 0 Å². The van der Waals surface area contributed by atoms with E-state index in [2.05, 4.69) is 19.6 Å². The molecule has 0 saturated heterocycles. The minimum atomic E-state index is -2.95. The van der Waals surface area contributed by atoms with Crippen molar-refractivity contribution in [3.05, 3.63) is 71.7 Å². The number of amides is 1. The highest BCUT2D eigenvalue weighted by molar-refractivity contribution is 7.98. The normalized spacial score (nSPS) is 11.7. The Balaban J connectivity index is 1.84. The number of carbonyl (C=O) groups excluding carboxylic acids is 1. The lowest BCUT2D eigenvalue weighted by Gasteiger charge is -2.18. The van der Waals surface area contributed by atoms with Crippen LogP contribution in [-0.4, -0.2) is 33.5 Å². The van der Waals surface area contributed by atoms with Crippen LogP contribution in [0.3, 0.4) is 0 Å². The van der Waals surface area contributed by atoms with E-state index in [1.165, 1.54) is 6.26 Å². The van der Waals surface area contributed by atoms with Crippen molar-refractivity contribution in [1.29, 1.82) is 0 Å². The van der Waals surface area contributed by atoms with Crippen LogP contribution in [0.25, 0.3) is 11.3 Å². The van der Waals surface area contributed by atoms with Gasteiger partial charge in [-0.2, -0.15) is 4.36 Å². The van der Waals surface area contributed by atoms with Crippen LogP contribution in [0.1, 0.15) is 12.5 Å². The smallest absolute Gasteiger partial charge is 0.439 e. The predicted molar refractivity (Wildman–Crippen MR) is 118 cm³/mol. The number of nitrogens with zero attached hydrogens (tertiary/aromatic N) is 3. The van der Waals surface area contributed by atoms with Crippen molar-refractivity contribution in [2.24, 2.45) is 4.36 Å². The summed E-state index contributed by atoms with van der Waals surface area (Å²) in [5.41, 5.74) is 0.659. The van der Waals surface area contributed by atoms with Gasteiger partial charge in [0.2, 0.25) is 5.95 Å². The van der Waals surface area contributed by atoms with Gasteiger partial charge in [0.1, 0.15) is 17.3 Å². The molecule has 2 aromatic carbocycles. The lowest BCUT2D eigenvalue weighted by Crippen LogP contribution is -2.14. The molecule has 1 aromatic heterocycles. The highest BCUT2D eigenvalue weighted by Gasteiger charge is 2.15. The first-order chi connectivity index (χ1) is 15.2. The first-order valence-corrected chi connectivity index (χ1v) is 11.8. The van der Waals surface area contributed by atoms with Crippen LogP contribution in [0.4, 0.5) is 29.6 Å². The number of halogens is 3. The van der Waals surface area contributed by atoms with E-state index in [-0.39, 0.29) is 29.6 Å². The molecule has 170 valence electrons. The second kappa shape index (κ2) is 9.88. The van der Waals surface area contributed by atoms with Crippen LogP contribution in [-0.2, 0) is 20.6 Å². The third-order valence-electron chi connectivity index (χ3n) is 4.16. The standard InChI is InChI=1S/C21H21F3N4O3S/c1-3-31-21(29)28-32(2,30)12-13-5-4-6-15(9-13)26-20-25-11-18(24)19(27-20)16-8-7-14(22)10-17(16)23/h4-11,32H,3,12H2,1-2H3,(H,25,26,27)(H,28,29,30). The first kappa shape index (κ1) is 23.4. The minimum Gasteiger partial charge on any atom is -0.448 e. The van der Waals surface area contributed by atoms with E-state index in [0.29, 0.717) is 17.3 Å². The summed E-state index contributed by atoms with van der Waals surface area (Å²) in [5.74, 6) is -2.50. The van der Waals surface area contributed by atoms with Crippen LogP contribution < -0.4 is 5.32 Å². The Morgan fingerprint density at radius 2 is 1.97 bits per heavy atom. The molecular formula is C21H21F3N4O3S. The van der Waals surface area contributed by atoms with E-state index in [4.69, 9.17) is 4.74 Å². The molecule has 0 aliphatic carbocycles. The molecule has 0 unspecified atom stereocenters. The molecule has 0 spiro atoms. The number of rotatable bonds is 6. The van der Waals surface area contributed by atoms with Gasteiger partial charge in [0.25, 0.3) is 0 Å². The molecule has 2 N–H and O–H groups in total. The molecule has 3 rings (SSSR count). The Morgan fingerprint density at radius 3 is 2.69 bits per heavy atom. The zero-order valence-electron chi connectivity index (χ0n) is 17.2. The molecule has 0 aliphatic rings. The quantitative estimate of drug-likeness (QED) is 0.436. The Hall–Kier alpha value is -3.31. The van der Waals surface area contributed by atoms with Gasteiger partial charge in [0.05, 0.1) is 12.8 Å². The molecule has 0 aliphatic heterocycles. The number of thiol groups is 1. The summed E-state index contributed by atoms with van der Waals surface area (Å²) in [6.07, 6.45) is 1.54. The van der Waals surface area contributed by atoms with Gasteiger partial charge in [-0.1, -0.05) is 22.2 Å². The first-order valence-electron chi connectivity index (χ1n) is 9.49. The maximum absolute atomic E-state index is 14.2. The van der Waals surface area contributed by atoms with Gasteiger partial charge in [-0.25, -0.2) is 27.9 Å². The molecule has 7 nitrogen and oxygen atoms in total. The zero-order valence-corrected chi connectivity index (χ0v) is 18.1. The summed E-state index contributed by atoms with van der Waals surface area (Å²) in [5, 5.41) is 2.88. The second-order valence-corrected chi connectivity index (χ2v) is 9.58. The van der Waals surface area contributed by atoms with Gasteiger partial charge in [0.15, 0.2) is 5.82 Å². The Labute approximate surface area is 183 Å². The fourth-order valence-electron chi connectivity index (χ4n) is 2.88. The van der Waals surface area contributed by atoms with Crippen LogP contribution in [0.2, 0.25) is 0 Å². The molecule has 0 fully saturated rings. The number of nitrogens with one attached hydrogen (secondary N) is 1. The third kappa shape index (κ3) is 6.11. The minimum absolute atomic E-state index is 0.0138. The average Bonchev–Trinajstić information content (AvgIpc) is 2.69. The van der Waals surface area contributed by atoms with E-state index in [1.807, 2.05) is 0 Å². The molecule has 11 heteroatoms. The van der Waals surface area contributed by atoms with Gasteiger partial charge in [-0.05, 0) is 43.0 Å². The molecule has 0 bridgehead atoms. The van der Waals surface area contributed by atoms with E-state index in [9.17, 15) is 22.5 Å². The number of ether oxygens (including phenoxy) is 1. The fraction of sp³-hybridized carbons (Fsp3) is 0.190. The van der Waals surface area contributed by atoms with E-state index in [1.54, 1.807) is 31.2 Å². The molecule has 32 heavy (non-hydrogen) atoms. The van der Waals surface area contributed by atoms with Crippen LogP contribution in [0, 0.1) is 17.5 Å². The van der Waals surface area contributed by atoms with Crippen molar-refractivity contribution in [2.45, 2.75) is 12.7 Å². The Morgan fingerprint density at radius 1 is 1.19 bits per heavy atom. The molecular weight excluding hydrogens is 445 g/mol. The lowest BCUT2D eigenvalue weighted by molar-refractivity contribution is 0.164. The molecule has 0 atom stereocenters. The highest BCUT2D eigenvalue weighted by Crippen LogP contribution is 2.26. The van der Waals surface area contributed by atoms with Gasteiger partial charge < -0.3 is 14.6 Å². The summed E-state index contributed by atoms with van der Waals surface area (Å²) in [7, 11) is -2.95. The summed E-state index contributed by atoms with van der Waals surface area (Å²) in [4.78, 5) is 19.4. The molecule has 1 heterocycles. The van der Waals surface area contributed by atoms with Crippen molar-refractivity contribution in [3.63, 3.8) is 0 Å². The van der Waals surface area contributed by atoms with Crippen LogP contribution >= 0.6 is 0 Å². The number of hydrogen-bond acceptors (Lipinski definition) is 5. The zero-order chi connectivity index (χ0) is 23.3. The summed E-state index contributed by atoms with van der Waals surface area (Å²) in [6.45, 7) is 1.80. The van der Waals surface area contributed by atoms with Crippen molar-refractivity contribution in [3.8, 4) is 11.3 Å². The number of hydrogen-bond donors (Lipinski definition) is 3. The maximum atomic E-state index is 14.2. The summed E-state index contributed by atoms with van der Waals surface area (Å²) < 4.78 is 60.4. The van der Waals surface area contributed by atoms with E-state index in [0.717, 1.165) is 18.3 Å². The summed E-state index contributed by atoms with van der Waals surface area (Å²) >= 11 is 0.